The maximum absolute atomic E-state index is 11.7. The summed E-state index contributed by atoms with van der Waals surface area (Å²) in [6, 6.07) is 17.8. The Morgan fingerprint density at radius 1 is 0.667 bits per heavy atom. The third-order valence-corrected chi connectivity index (χ3v) is 3.35. The van der Waals surface area contributed by atoms with E-state index in [2.05, 4.69) is 0 Å². The smallest absolute Gasteiger partial charge is 0.462 e. The van der Waals surface area contributed by atoms with Crippen LogP contribution in [0.15, 0.2) is 60.7 Å². The van der Waals surface area contributed by atoms with Gasteiger partial charge in [-0.1, -0.05) is 36.4 Å². The van der Waals surface area contributed by atoms with Gasteiger partial charge in [-0.05, 0) is 24.3 Å². The lowest BCUT2D eigenvalue weighted by atomic mass is 10.2. The van der Waals surface area contributed by atoms with E-state index in [1.54, 1.807) is 48.5 Å². The number of phosphoric acid groups is 1. The first kappa shape index (κ1) is 25.5. The van der Waals surface area contributed by atoms with Crippen LogP contribution in [-0.2, 0) is 18.8 Å². The fourth-order valence-electron chi connectivity index (χ4n) is 2.07. The van der Waals surface area contributed by atoms with Crippen molar-refractivity contribution in [2.45, 2.75) is 12.8 Å². The summed E-state index contributed by atoms with van der Waals surface area (Å²) in [6.07, 6.45) is 1.25. The van der Waals surface area contributed by atoms with E-state index >= 15 is 0 Å². The van der Waals surface area contributed by atoms with Gasteiger partial charge in [0.1, 0.15) is 0 Å². The average molecular weight is 440 g/mol. The van der Waals surface area contributed by atoms with E-state index in [1.165, 1.54) is 0 Å². The van der Waals surface area contributed by atoms with Gasteiger partial charge >= 0.3 is 19.8 Å². The van der Waals surface area contributed by atoms with Crippen LogP contribution in [-0.4, -0.2) is 53.0 Å². The molecule has 0 saturated heterocycles. The maximum atomic E-state index is 11.7. The van der Waals surface area contributed by atoms with Gasteiger partial charge in [0.15, 0.2) is 0 Å². The molecular formula is C20H25O9P. The Morgan fingerprint density at radius 2 is 1.00 bits per heavy atom. The lowest BCUT2D eigenvalue weighted by molar-refractivity contribution is 0.0394. The molecule has 0 saturated carbocycles. The van der Waals surface area contributed by atoms with Crippen LogP contribution in [0.25, 0.3) is 0 Å². The van der Waals surface area contributed by atoms with Crippen LogP contribution in [0.5, 0.6) is 0 Å². The van der Waals surface area contributed by atoms with Gasteiger partial charge in [0.05, 0.1) is 24.3 Å². The van der Waals surface area contributed by atoms with Gasteiger partial charge in [0.2, 0.25) is 0 Å². The number of carbonyl (C=O) groups is 2. The number of carbonyl (C=O) groups excluding carboxylic acids is 2. The van der Waals surface area contributed by atoms with E-state index in [0.717, 1.165) is 0 Å². The summed E-state index contributed by atoms with van der Waals surface area (Å²) in [5.74, 6) is -0.651. The Kier molecular flexibility index (Phi) is 12.3. The number of ether oxygens (including phenoxy) is 3. The van der Waals surface area contributed by atoms with E-state index in [-0.39, 0.29) is 11.9 Å². The van der Waals surface area contributed by atoms with Gasteiger partial charge in [-0.25, -0.2) is 14.2 Å². The Bertz CT molecular complexity index is 725. The molecule has 0 radical (unpaired) electrons. The predicted octanol–water partition coefficient (Wildman–Crippen LogP) is 2.57. The second-order valence-electron chi connectivity index (χ2n) is 5.84. The molecule has 0 aliphatic heterocycles. The number of hydrogen-bond donors (Lipinski definition) is 3. The first-order valence-corrected chi connectivity index (χ1v) is 10.6. The van der Waals surface area contributed by atoms with Crippen molar-refractivity contribution in [3.05, 3.63) is 71.8 Å². The zero-order chi connectivity index (χ0) is 22.2. The fourth-order valence-corrected chi connectivity index (χ4v) is 2.07. The molecule has 2 aromatic rings. The zero-order valence-corrected chi connectivity index (χ0v) is 17.1. The summed E-state index contributed by atoms with van der Waals surface area (Å²) in [5, 5.41) is 0. The Hall–Kier alpha value is -2.55. The molecule has 0 unspecified atom stereocenters. The third-order valence-electron chi connectivity index (χ3n) is 3.35. The van der Waals surface area contributed by atoms with Gasteiger partial charge in [-0.2, -0.15) is 0 Å². The maximum Gasteiger partial charge on any atom is 0.466 e. The first-order chi connectivity index (χ1) is 14.3. The predicted molar refractivity (Wildman–Crippen MR) is 108 cm³/mol. The molecule has 0 spiro atoms. The van der Waals surface area contributed by atoms with Crippen molar-refractivity contribution < 1.29 is 43.0 Å². The molecule has 0 aromatic heterocycles. The molecule has 0 aliphatic rings. The Balaban J connectivity index is 0.000000804. The fraction of sp³-hybridized carbons (Fsp3) is 0.300. The molecule has 30 heavy (non-hydrogen) atoms. The minimum absolute atomic E-state index is 0.316. The van der Waals surface area contributed by atoms with Crippen LogP contribution < -0.4 is 0 Å². The van der Waals surface area contributed by atoms with Crippen LogP contribution in [0.1, 0.15) is 33.6 Å². The van der Waals surface area contributed by atoms with E-state index in [1.807, 2.05) is 12.1 Å². The molecule has 164 valence electrons. The Morgan fingerprint density at radius 3 is 1.33 bits per heavy atom. The molecule has 10 heteroatoms. The average Bonchev–Trinajstić information content (AvgIpc) is 2.72. The molecule has 0 atom stereocenters. The van der Waals surface area contributed by atoms with Gasteiger partial charge in [0, 0.05) is 26.1 Å². The largest absolute Gasteiger partial charge is 0.466 e. The summed E-state index contributed by atoms with van der Waals surface area (Å²) in [6.45, 7) is 1.62. The number of benzene rings is 2. The standard InChI is InChI=1S/C20H22O5.H3O4P/c21-19(17-9-3-1-4-10-17)24-15-7-13-23-14-8-16-25-20(22)18-11-5-2-6-12-18;1-5(2,3)4/h1-6,9-12H,7-8,13-16H2;(H3,1,2,3,4). The van der Waals surface area contributed by atoms with E-state index in [4.69, 9.17) is 33.5 Å². The molecule has 9 nitrogen and oxygen atoms in total. The SMILES string of the molecule is O=C(OCCCOCCCOC(=O)c1ccccc1)c1ccccc1.O=P(O)(O)O. The van der Waals surface area contributed by atoms with Gasteiger partial charge in [0.25, 0.3) is 0 Å². The topological polar surface area (TPSA) is 140 Å². The number of rotatable bonds is 10. The van der Waals surface area contributed by atoms with Crippen LogP contribution >= 0.6 is 7.82 Å². The van der Waals surface area contributed by atoms with Gasteiger partial charge in [-0.15, -0.1) is 0 Å². The molecule has 0 amide bonds. The molecule has 0 fully saturated rings. The summed E-state index contributed by atoms with van der Waals surface area (Å²) in [4.78, 5) is 44.9. The quantitative estimate of drug-likeness (QED) is 0.289. The zero-order valence-electron chi connectivity index (χ0n) is 16.3. The second-order valence-corrected chi connectivity index (χ2v) is 6.86. The van der Waals surface area contributed by atoms with Crippen molar-refractivity contribution >= 4 is 19.8 Å². The van der Waals surface area contributed by atoms with Crippen LogP contribution in [0.3, 0.4) is 0 Å². The van der Waals surface area contributed by atoms with Crippen LogP contribution in [0.2, 0.25) is 0 Å². The van der Waals surface area contributed by atoms with Crippen LogP contribution in [0.4, 0.5) is 0 Å². The molecule has 3 N–H and O–H groups in total. The minimum Gasteiger partial charge on any atom is -0.462 e. The summed E-state index contributed by atoms with van der Waals surface area (Å²) >= 11 is 0. The number of hydrogen-bond acceptors (Lipinski definition) is 6. The van der Waals surface area contributed by atoms with E-state index < -0.39 is 7.82 Å². The highest BCUT2D eigenvalue weighted by atomic mass is 31.2. The van der Waals surface area contributed by atoms with E-state index in [0.29, 0.717) is 50.4 Å². The molecule has 2 rings (SSSR count). The molecular weight excluding hydrogens is 415 g/mol. The summed E-state index contributed by atoms with van der Waals surface area (Å²) < 4.78 is 24.6. The van der Waals surface area contributed by atoms with Gasteiger partial charge < -0.3 is 28.9 Å². The van der Waals surface area contributed by atoms with Crippen molar-refractivity contribution in [3.63, 3.8) is 0 Å². The van der Waals surface area contributed by atoms with Crippen molar-refractivity contribution in [1.82, 2.24) is 0 Å². The monoisotopic (exact) mass is 440 g/mol. The molecule has 0 aliphatic carbocycles. The second kappa shape index (κ2) is 14.4. The summed E-state index contributed by atoms with van der Waals surface area (Å²) in [7, 11) is -4.64. The highest BCUT2D eigenvalue weighted by Gasteiger charge is 2.06. The lowest BCUT2D eigenvalue weighted by Crippen LogP contribution is -2.10. The highest BCUT2D eigenvalue weighted by Crippen LogP contribution is 2.25. The third kappa shape index (κ3) is 13.6. The molecule has 2 aromatic carbocycles. The van der Waals surface area contributed by atoms with Crippen molar-refractivity contribution in [2.75, 3.05) is 26.4 Å². The lowest BCUT2D eigenvalue weighted by Gasteiger charge is -2.07. The number of esters is 2. The normalized spacial score (nSPS) is 10.5. The first-order valence-electron chi connectivity index (χ1n) is 9.08. The highest BCUT2D eigenvalue weighted by molar-refractivity contribution is 7.45. The van der Waals surface area contributed by atoms with Crippen molar-refractivity contribution in [1.29, 1.82) is 0 Å². The van der Waals surface area contributed by atoms with Crippen LogP contribution in [0, 0.1) is 0 Å². The van der Waals surface area contributed by atoms with E-state index in [9.17, 15) is 9.59 Å². The molecule has 0 heterocycles. The Labute approximate surface area is 174 Å². The van der Waals surface area contributed by atoms with Crippen molar-refractivity contribution in [3.8, 4) is 0 Å². The molecule has 0 bridgehead atoms. The summed E-state index contributed by atoms with van der Waals surface area (Å²) in [5.41, 5.74) is 1.09. The van der Waals surface area contributed by atoms with Crippen molar-refractivity contribution in [2.24, 2.45) is 0 Å². The minimum atomic E-state index is -4.64. The van der Waals surface area contributed by atoms with Gasteiger partial charge in [-0.3, -0.25) is 0 Å².